The van der Waals surface area contributed by atoms with Gasteiger partial charge in [0.15, 0.2) is 23.1 Å². The van der Waals surface area contributed by atoms with Crippen molar-refractivity contribution in [1.82, 2.24) is 0 Å². The molecule has 0 spiro atoms. The molecule has 0 aromatic heterocycles. The van der Waals surface area contributed by atoms with Crippen molar-refractivity contribution in [3.63, 3.8) is 0 Å². The van der Waals surface area contributed by atoms with Crippen LogP contribution in [0.15, 0.2) is 35.4 Å². The third-order valence-corrected chi connectivity index (χ3v) is 5.14. The molecule has 1 aliphatic carbocycles. The second kappa shape index (κ2) is 17.8. The first kappa shape index (κ1) is 32.4. The molecule has 0 fully saturated rings. The molecule has 0 saturated heterocycles. The maximum absolute atomic E-state index is 11.3. The Morgan fingerprint density at radius 1 is 1.03 bits per heavy atom. The number of ether oxygens (including phenoxy) is 2. The predicted molar refractivity (Wildman–Crippen MR) is 139 cm³/mol. The monoisotopic (exact) mass is 555 g/mol. The van der Waals surface area contributed by atoms with Gasteiger partial charge >= 0.3 is 5.78 Å². The second-order valence-electron chi connectivity index (χ2n) is 7.45. The number of Topliss-reactive ketones (excluding diaryl/α,β-unsaturated/α-hetero) is 3. The molecular formula is C26H36BrO8+. The third-order valence-electron chi connectivity index (χ3n) is 4.57. The van der Waals surface area contributed by atoms with Crippen LogP contribution in [0.5, 0.6) is 11.5 Å². The molecule has 35 heavy (non-hydrogen) atoms. The molecule has 0 heterocycles. The predicted octanol–water partition coefficient (Wildman–Crippen LogP) is 3.50. The number of carbonyl (C=O) groups excluding carboxylic acids is 4. The maximum Gasteiger partial charge on any atom is 0.390 e. The highest BCUT2D eigenvalue weighted by molar-refractivity contribution is 9.09. The number of methoxy groups -OCH3 is 1. The Hall–Kier alpha value is -2.62. The van der Waals surface area contributed by atoms with Crippen LogP contribution in [-0.4, -0.2) is 72.7 Å². The average Bonchev–Trinajstić information content (AvgIpc) is 2.82. The third kappa shape index (κ3) is 11.6. The molecule has 1 aromatic rings. The molecule has 8 nitrogen and oxygen atoms in total. The fourth-order valence-electron chi connectivity index (χ4n) is 2.68. The van der Waals surface area contributed by atoms with E-state index in [0.717, 1.165) is 17.3 Å². The topological polar surface area (TPSA) is 121 Å². The van der Waals surface area contributed by atoms with Crippen LogP contribution < -0.4 is 9.47 Å². The minimum absolute atomic E-state index is 0.00620. The van der Waals surface area contributed by atoms with Gasteiger partial charge in [0.2, 0.25) is 0 Å². The Bertz CT molecular complexity index is 958. The molecule has 9 heteroatoms. The van der Waals surface area contributed by atoms with Crippen LogP contribution in [0.25, 0.3) is 0 Å². The molecule has 0 amide bonds. The Labute approximate surface area is 215 Å². The van der Waals surface area contributed by atoms with Gasteiger partial charge in [-0.25, -0.2) is 0 Å². The van der Waals surface area contributed by atoms with Crippen LogP contribution >= 0.6 is 15.9 Å². The van der Waals surface area contributed by atoms with E-state index in [-0.39, 0.29) is 29.7 Å². The molecule has 0 saturated carbocycles. The number of aliphatic hydroxyl groups is 2. The van der Waals surface area contributed by atoms with E-state index in [2.05, 4.69) is 15.9 Å². The van der Waals surface area contributed by atoms with Crippen molar-refractivity contribution < 1.29 is 38.5 Å². The summed E-state index contributed by atoms with van der Waals surface area (Å²) in [5.74, 6) is 1.17. The molecule has 0 bridgehead atoms. The normalized spacial score (nSPS) is 13.5. The Kier molecular flexibility index (Phi) is 16.4. The highest BCUT2D eigenvalue weighted by Gasteiger charge is 2.27. The van der Waals surface area contributed by atoms with Crippen LogP contribution in [-0.2, 0) is 14.0 Å². The molecule has 2 rings (SSSR count). The van der Waals surface area contributed by atoms with E-state index in [4.69, 9.17) is 24.1 Å². The SMILES string of the molecule is COc1cc(C(C)=O)cc(C)c1OCCCO.C[O+]=C1C=C(C(C)=O)C=C(C)C1=O.OCCCBr. The molecule has 0 unspecified atom stereocenters. The number of benzene rings is 1. The summed E-state index contributed by atoms with van der Waals surface area (Å²) < 4.78 is 15.6. The summed E-state index contributed by atoms with van der Waals surface area (Å²) in [7, 11) is 2.96. The van der Waals surface area contributed by atoms with Crippen LogP contribution in [0.4, 0.5) is 0 Å². The Balaban J connectivity index is 0.000000567. The summed E-state index contributed by atoms with van der Waals surface area (Å²) in [5.41, 5.74) is 2.50. The van der Waals surface area contributed by atoms with Crippen LogP contribution in [0.2, 0.25) is 0 Å². The number of alkyl halides is 1. The van der Waals surface area contributed by atoms with Crippen molar-refractivity contribution in [3.05, 3.63) is 46.6 Å². The van der Waals surface area contributed by atoms with Gasteiger partial charge in [0.05, 0.1) is 19.8 Å². The Morgan fingerprint density at radius 2 is 1.66 bits per heavy atom. The van der Waals surface area contributed by atoms with Gasteiger partial charge in [-0.2, -0.15) is 0 Å². The van der Waals surface area contributed by atoms with E-state index >= 15 is 0 Å². The molecule has 1 aromatic carbocycles. The van der Waals surface area contributed by atoms with Crippen LogP contribution in [0.1, 0.15) is 49.5 Å². The number of allylic oxidation sites excluding steroid dienone is 4. The summed E-state index contributed by atoms with van der Waals surface area (Å²) in [5, 5.41) is 17.6. The lowest BCUT2D eigenvalue weighted by atomic mass is 9.96. The standard InChI is InChI=1S/C13H18O4.C10H11O3.C3H7BrO/c1-9-7-11(10(2)15)8-12(16-3)13(9)17-6-4-5-14;1-6-4-8(7(2)11)5-9(13-3)10(6)12;4-2-1-3-5/h7-8,14H,4-6H2,1-3H3;4-5H,1-3H3;5H,1-3H2/q;+1;. The second-order valence-corrected chi connectivity index (χ2v) is 8.25. The molecular weight excluding hydrogens is 520 g/mol. The van der Waals surface area contributed by atoms with Gasteiger partial charge in [0, 0.05) is 41.7 Å². The number of carbonyl (C=O) groups is 3. The lowest BCUT2D eigenvalue weighted by Crippen LogP contribution is -2.20. The number of ketones is 4. The van der Waals surface area contributed by atoms with Crippen molar-refractivity contribution in [2.75, 3.05) is 39.4 Å². The van der Waals surface area contributed by atoms with Crippen molar-refractivity contribution in [3.8, 4) is 11.5 Å². The van der Waals surface area contributed by atoms with E-state index in [0.29, 0.717) is 47.8 Å². The number of rotatable bonds is 9. The van der Waals surface area contributed by atoms with E-state index in [1.807, 2.05) is 6.92 Å². The zero-order chi connectivity index (χ0) is 27.0. The van der Waals surface area contributed by atoms with E-state index in [1.165, 1.54) is 34.1 Å². The number of hydrogen-bond donors (Lipinski definition) is 2. The zero-order valence-electron chi connectivity index (χ0n) is 21.3. The Morgan fingerprint density at radius 3 is 2.09 bits per heavy atom. The fourth-order valence-corrected chi connectivity index (χ4v) is 2.93. The number of aryl methyl sites for hydroxylation is 1. The van der Waals surface area contributed by atoms with E-state index in [9.17, 15) is 14.4 Å². The summed E-state index contributed by atoms with van der Waals surface area (Å²) >= 11 is 3.15. The smallest absolute Gasteiger partial charge is 0.390 e. The number of hydrogen-bond acceptors (Lipinski definition) is 7. The minimum atomic E-state index is -0.160. The lowest BCUT2D eigenvalue weighted by Gasteiger charge is -2.14. The van der Waals surface area contributed by atoms with Crippen molar-refractivity contribution in [1.29, 1.82) is 0 Å². The molecule has 0 radical (unpaired) electrons. The minimum Gasteiger partial charge on any atom is -0.493 e. The van der Waals surface area contributed by atoms with Gasteiger partial charge in [-0.3, -0.25) is 18.8 Å². The average molecular weight is 556 g/mol. The fraction of sp³-hybridized carbons (Fsp3) is 0.462. The molecule has 2 N–H and O–H groups in total. The first-order chi connectivity index (χ1) is 16.6. The first-order valence-electron chi connectivity index (χ1n) is 11.0. The quantitative estimate of drug-likeness (QED) is 0.119. The summed E-state index contributed by atoms with van der Waals surface area (Å²) in [6, 6.07) is 3.45. The molecule has 194 valence electrons. The van der Waals surface area contributed by atoms with Crippen molar-refractivity contribution in [2.45, 2.75) is 40.5 Å². The highest BCUT2D eigenvalue weighted by Crippen LogP contribution is 2.32. The van der Waals surface area contributed by atoms with E-state index < -0.39 is 0 Å². The maximum atomic E-state index is 11.3. The summed E-state index contributed by atoms with van der Waals surface area (Å²) in [6.45, 7) is 7.31. The van der Waals surface area contributed by atoms with Crippen molar-refractivity contribution in [2.24, 2.45) is 0 Å². The van der Waals surface area contributed by atoms with Crippen LogP contribution in [0, 0.1) is 6.92 Å². The van der Waals surface area contributed by atoms with Crippen LogP contribution in [0.3, 0.4) is 0 Å². The molecule has 0 aliphatic heterocycles. The summed E-state index contributed by atoms with van der Waals surface area (Å²) in [6.07, 6.45) is 4.47. The summed E-state index contributed by atoms with van der Waals surface area (Å²) in [4.78, 5) is 33.7. The molecule has 1 aliphatic rings. The van der Waals surface area contributed by atoms with E-state index in [1.54, 1.807) is 25.1 Å². The van der Waals surface area contributed by atoms with Gasteiger partial charge in [-0.05, 0) is 57.9 Å². The lowest BCUT2D eigenvalue weighted by molar-refractivity contribution is -0.417. The van der Waals surface area contributed by atoms with Gasteiger partial charge in [0.25, 0.3) is 12.9 Å². The van der Waals surface area contributed by atoms with Gasteiger partial charge in [-0.15, -0.1) is 0 Å². The number of aliphatic hydroxyl groups excluding tert-OH is 2. The first-order valence-corrected chi connectivity index (χ1v) is 12.2. The highest BCUT2D eigenvalue weighted by atomic mass is 79.9. The largest absolute Gasteiger partial charge is 0.493 e. The molecule has 0 atom stereocenters. The zero-order valence-corrected chi connectivity index (χ0v) is 22.9. The van der Waals surface area contributed by atoms with Gasteiger partial charge in [0.1, 0.15) is 0 Å². The number of halogens is 1. The van der Waals surface area contributed by atoms with Gasteiger partial charge < -0.3 is 19.7 Å². The van der Waals surface area contributed by atoms with Gasteiger partial charge in [-0.1, -0.05) is 15.9 Å². The van der Waals surface area contributed by atoms with Crippen molar-refractivity contribution >= 4 is 39.1 Å².